The van der Waals surface area contributed by atoms with Crippen LogP contribution < -0.4 is 15.5 Å². The van der Waals surface area contributed by atoms with Crippen LogP contribution in [0.2, 0.25) is 0 Å². The number of thioether (sulfide) groups is 1. The van der Waals surface area contributed by atoms with Gasteiger partial charge in [-0.05, 0) is 45.0 Å². The molecule has 0 saturated carbocycles. The molecule has 7 nitrogen and oxygen atoms in total. The second-order valence-electron chi connectivity index (χ2n) is 6.57. The Morgan fingerprint density at radius 3 is 2.56 bits per heavy atom. The van der Waals surface area contributed by atoms with Gasteiger partial charge in [0, 0.05) is 30.5 Å². The first-order valence-corrected chi connectivity index (χ1v) is 10.7. The smallest absolute Gasteiger partial charge is 0.237 e. The van der Waals surface area contributed by atoms with E-state index in [1.807, 2.05) is 31.2 Å². The molecule has 0 spiro atoms. The molecule has 0 radical (unpaired) electrons. The van der Waals surface area contributed by atoms with Gasteiger partial charge >= 0.3 is 0 Å². The third-order valence-corrected chi connectivity index (χ3v) is 6.02. The molecule has 1 aliphatic heterocycles. The minimum atomic E-state index is -0.260. The molecule has 3 rings (SSSR count). The Labute approximate surface area is 167 Å². The third-order valence-electron chi connectivity index (χ3n) is 3.98. The van der Waals surface area contributed by atoms with Gasteiger partial charge in [-0.3, -0.25) is 4.79 Å². The number of morpholine rings is 1. The van der Waals surface area contributed by atoms with E-state index in [9.17, 15) is 4.79 Å². The second kappa shape index (κ2) is 9.38. The Kier molecular flexibility index (Phi) is 6.92. The maximum absolute atomic E-state index is 12.5. The van der Waals surface area contributed by atoms with Gasteiger partial charge in [0.25, 0.3) is 0 Å². The van der Waals surface area contributed by atoms with Gasteiger partial charge in [-0.2, -0.15) is 0 Å². The van der Waals surface area contributed by atoms with Gasteiger partial charge in [-0.15, -0.1) is 10.2 Å². The summed E-state index contributed by atoms with van der Waals surface area (Å²) >= 11 is 2.88. The Morgan fingerprint density at radius 1 is 1.19 bits per heavy atom. The summed E-state index contributed by atoms with van der Waals surface area (Å²) in [5.41, 5.74) is 1.95. The van der Waals surface area contributed by atoms with E-state index in [1.165, 1.54) is 23.1 Å². The summed E-state index contributed by atoms with van der Waals surface area (Å²) in [6.45, 7) is 9.28. The third kappa shape index (κ3) is 5.82. The molecule has 1 atom stereocenters. The summed E-state index contributed by atoms with van der Waals surface area (Å²) in [5, 5.41) is 14.9. The van der Waals surface area contributed by atoms with Crippen molar-refractivity contribution in [1.29, 1.82) is 0 Å². The summed E-state index contributed by atoms with van der Waals surface area (Å²) < 4.78 is 6.16. The van der Waals surface area contributed by atoms with Crippen LogP contribution in [0.5, 0.6) is 0 Å². The van der Waals surface area contributed by atoms with Gasteiger partial charge in [-0.1, -0.05) is 23.1 Å². The molecule has 0 aliphatic carbocycles. The fraction of sp³-hybridized carbons (Fsp3) is 0.500. The minimum absolute atomic E-state index is 0.0484. The fourth-order valence-corrected chi connectivity index (χ4v) is 4.63. The lowest BCUT2D eigenvalue weighted by Gasteiger charge is -2.28. The van der Waals surface area contributed by atoms with Crippen molar-refractivity contribution in [3.05, 3.63) is 24.3 Å². The quantitative estimate of drug-likeness (QED) is 0.682. The number of anilines is 3. The highest BCUT2D eigenvalue weighted by Crippen LogP contribution is 2.30. The number of aromatic nitrogens is 2. The summed E-state index contributed by atoms with van der Waals surface area (Å²) in [6.07, 6.45) is 0. The molecule has 0 unspecified atom stereocenters. The number of carbonyl (C=O) groups excluding carboxylic acids is 1. The van der Waals surface area contributed by atoms with E-state index in [4.69, 9.17) is 4.74 Å². The molecule has 1 aromatic carbocycles. The zero-order valence-corrected chi connectivity index (χ0v) is 17.4. The Hall–Kier alpha value is -1.84. The van der Waals surface area contributed by atoms with Crippen LogP contribution in [0.15, 0.2) is 28.6 Å². The Balaban J connectivity index is 1.52. The molecule has 9 heteroatoms. The van der Waals surface area contributed by atoms with E-state index >= 15 is 0 Å². The van der Waals surface area contributed by atoms with Crippen LogP contribution >= 0.6 is 23.1 Å². The number of carbonyl (C=O) groups is 1. The van der Waals surface area contributed by atoms with Crippen molar-refractivity contribution in [2.24, 2.45) is 0 Å². The minimum Gasteiger partial charge on any atom is -0.378 e. The van der Waals surface area contributed by atoms with Crippen molar-refractivity contribution in [2.45, 2.75) is 36.4 Å². The monoisotopic (exact) mass is 407 g/mol. The first kappa shape index (κ1) is 19.9. The lowest BCUT2D eigenvalue weighted by molar-refractivity contribution is -0.115. The first-order chi connectivity index (χ1) is 13.0. The number of benzene rings is 1. The molecule has 27 heavy (non-hydrogen) atoms. The van der Waals surface area contributed by atoms with Crippen LogP contribution in [0, 0.1) is 0 Å². The number of amides is 1. The molecule has 2 N–H and O–H groups in total. The predicted octanol–water partition coefficient (Wildman–Crippen LogP) is 3.31. The topological polar surface area (TPSA) is 79.4 Å². The summed E-state index contributed by atoms with van der Waals surface area (Å²) in [4.78, 5) is 14.8. The highest BCUT2D eigenvalue weighted by Gasteiger charge is 2.18. The molecule has 1 aliphatic rings. The van der Waals surface area contributed by atoms with Gasteiger partial charge in [-0.25, -0.2) is 0 Å². The SMILES string of the molecule is CC(C)Nc1nnc(S[C@@H](C)C(=O)Nc2ccc(N3CCOCC3)cc2)s1. The average molecular weight is 408 g/mol. The molecule has 146 valence electrons. The molecular formula is C18H25N5O2S2. The van der Waals surface area contributed by atoms with Crippen LogP contribution in [-0.2, 0) is 9.53 Å². The Morgan fingerprint density at radius 2 is 1.89 bits per heavy atom. The molecule has 1 fully saturated rings. The molecule has 0 bridgehead atoms. The van der Waals surface area contributed by atoms with Crippen LogP contribution in [0.25, 0.3) is 0 Å². The van der Waals surface area contributed by atoms with E-state index in [0.717, 1.165) is 47.1 Å². The van der Waals surface area contributed by atoms with Crippen molar-refractivity contribution < 1.29 is 9.53 Å². The standard InChI is InChI=1S/C18H25N5O2S2/c1-12(2)19-17-21-22-18(27-17)26-13(3)16(24)20-14-4-6-15(7-5-14)23-8-10-25-11-9-23/h4-7,12-13H,8-11H2,1-3H3,(H,19,21)(H,20,24)/t13-/m0/s1. The number of hydrogen-bond acceptors (Lipinski definition) is 8. The zero-order chi connectivity index (χ0) is 19.2. The highest BCUT2D eigenvalue weighted by molar-refractivity contribution is 8.02. The van der Waals surface area contributed by atoms with Crippen LogP contribution in [0.3, 0.4) is 0 Å². The highest BCUT2D eigenvalue weighted by atomic mass is 32.2. The van der Waals surface area contributed by atoms with Gasteiger partial charge in [0.2, 0.25) is 11.0 Å². The number of hydrogen-bond donors (Lipinski definition) is 2. The largest absolute Gasteiger partial charge is 0.378 e. The van der Waals surface area contributed by atoms with Gasteiger partial charge in [0.05, 0.1) is 18.5 Å². The van der Waals surface area contributed by atoms with Crippen LogP contribution in [0.1, 0.15) is 20.8 Å². The normalized spacial score (nSPS) is 15.6. The van der Waals surface area contributed by atoms with Crippen molar-refractivity contribution in [1.82, 2.24) is 10.2 Å². The maximum atomic E-state index is 12.5. The van der Waals surface area contributed by atoms with Crippen LogP contribution in [0.4, 0.5) is 16.5 Å². The van der Waals surface area contributed by atoms with Crippen molar-refractivity contribution in [2.75, 3.05) is 41.8 Å². The number of nitrogens with zero attached hydrogens (tertiary/aromatic N) is 3. The van der Waals surface area contributed by atoms with Gasteiger partial charge < -0.3 is 20.3 Å². The van der Waals surface area contributed by atoms with E-state index in [2.05, 4.69) is 39.6 Å². The number of rotatable bonds is 7. The summed E-state index contributed by atoms with van der Waals surface area (Å²) in [5.74, 6) is -0.0484. The lowest BCUT2D eigenvalue weighted by Crippen LogP contribution is -2.36. The molecule has 1 aromatic heterocycles. The molecule has 1 saturated heterocycles. The predicted molar refractivity (Wildman–Crippen MR) is 112 cm³/mol. The Bertz CT molecular complexity index is 744. The van der Waals surface area contributed by atoms with E-state index < -0.39 is 0 Å². The average Bonchev–Trinajstić information content (AvgIpc) is 3.09. The second-order valence-corrected chi connectivity index (χ2v) is 9.13. The molecule has 2 aromatic rings. The number of ether oxygens (including phenoxy) is 1. The van der Waals surface area contributed by atoms with E-state index in [1.54, 1.807) is 0 Å². The lowest BCUT2D eigenvalue weighted by atomic mass is 10.2. The molecule has 2 heterocycles. The van der Waals surface area contributed by atoms with E-state index in [0.29, 0.717) is 6.04 Å². The first-order valence-electron chi connectivity index (χ1n) is 9.01. The summed E-state index contributed by atoms with van der Waals surface area (Å²) in [6, 6.07) is 8.25. The number of nitrogens with one attached hydrogen (secondary N) is 2. The van der Waals surface area contributed by atoms with Crippen molar-refractivity contribution >= 4 is 45.5 Å². The maximum Gasteiger partial charge on any atom is 0.237 e. The van der Waals surface area contributed by atoms with Crippen molar-refractivity contribution in [3.63, 3.8) is 0 Å². The van der Waals surface area contributed by atoms with Crippen molar-refractivity contribution in [3.8, 4) is 0 Å². The zero-order valence-electron chi connectivity index (χ0n) is 15.8. The van der Waals surface area contributed by atoms with Gasteiger partial charge in [0.1, 0.15) is 0 Å². The van der Waals surface area contributed by atoms with E-state index in [-0.39, 0.29) is 11.2 Å². The summed E-state index contributed by atoms with van der Waals surface area (Å²) in [7, 11) is 0. The molecular weight excluding hydrogens is 382 g/mol. The van der Waals surface area contributed by atoms with Crippen LogP contribution in [-0.4, -0.2) is 53.7 Å². The fourth-order valence-electron chi connectivity index (χ4n) is 2.59. The molecule has 1 amide bonds. The van der Waals surface area contributed by atoms with Gasteiger partial charge in [0.15, 0.2) is 4.34 Å².